The van der Waals surface area contributed by atoms with Crippen LogP contribution in [0.15, 0.2) is 24.3 Å². The van der Waals surface area contributed by atoms with Crippen molar-refractivity contribution in [2.45, 2.75) is 20.8 Å². The van der Waals surface area contributed by atoms with Crippen molar-refractivity contribution in [3.8, 4) is 0 Å². The number of nitrogens with zero attached hydrogens (tertiary/aromatic N) is 5. The molecule has 1 amide bonds. The number of hydrogen-bond donors (Lipinski definition) is 1. The zero-order valence-electron chi connectivity index (χ0n) is 13.4. The normalized spacial score (nSPS) is 11.3. The molecule has 0 aliphatic rings. The van der Waals surface area contributed by atoms with Gasteiger partial charge in [0, 0.05) is 17.1 Å². The SMILES string of the molecule is Cc1cc(C)n2nc(C(=O)Nc3ccc4nc(C)sc4c3)nc2n1. The summed E-state index contributed by atoms with van der Waals surface area (Å²) >= 11 is 1.59. The minimum absolute atomic E-state index is 0.0942. The second-order valence-corrected chi connectivity index (χ2v) is 6.79. The first kappa shape index (κ1) is 14.7. The van der Waals surface area contributed by atoms with E-state index < -0.39 is 0 Å². The van der Waals surface area contributed by atoms with Gasteiger partial charge in [-0.25, -0.2) is 14.5 Å². The Kier molecular flexibility index (Phi) is 3.27. The van der Waals surface area contributed by atoms with Gasteiger partial charge in [0.15, 0.2) is 0 Å². The Hall–Kier alpha value is -2.87. The molecule has 0 saturated carbocycles. The highest BCUT2D eigenvalue weighted by Gasteiger charge is 2.15. The Morgan fingerprint density at radius 3 is 2.79 bits per heavy atom. The maximum Gasteiger partial charge on any atom is 0.295 e. The number of rotatable bonds is 2. The number of hydrogen-bond acceptors (Lipinski definition) is 6. The molecule has 1 N–H and O–H groups in total. The maximum atomic E-state index is 12.4. The summed E-state index contributed by atoms with van der Waals surface area (Å²) in [6.07, 6.45) is 0. The van der Waals surface area contributed by atoms with Gasteiger partial charge in [0.2, 0.25) is 5.82 Å². The molecular formula is C16H14N6OS. The summed E-state index contributed by atoms with van der Waals surface area (Å²) in [5.41, 5.74) is 3.34. The van der Waals surface area contributed by atoms with Crippen molar-refractivity contribution in [1.82, 2.24) is 24.6 Å². The van der Waals surface area contributed by atoms with Crippen molar-refractivity contribution in [2.24, 2.45) is 0 Å². The molecule has 4 aromatic rings. The topological polar surface area (TPSA) is 85.1 Å². The molecule has 1 aromatic carbocycles. The monoisotopic (exact) mass is 338 g/mol. The van der Waals surface area contributed by atoms with Crippen LogP contribution in [0.1, 0.15) is 27.0 Å². The molecule has 4 rings (SSSR count). The molecule has 0 atom stereocenters. The third kappa shape index (κ3) is 2.50. The molecule has 8 heteroatoms. The molecule has 0 spiro atoms. The van der Waals surface area contributed by atoms with Gasteiger partial charge in [-0.05, 0) is 45.0 Å². The molecule has 7 nitrogen and oxygen atoms in total. The lowest BCUT2D eigenvalue weighted by molar-refractivity contribution is 0.101. The Labute approximate surface area is 141 Å². The lowest BCUT2D eigenvalue weighted by atomic mass is 10.3. The van der Waals surface area contributed by atoms with Gasteiger partial charge in [0.1, 0.15) is 0 Å². The summed E-state index contributed by atoms with van der Waals surface area (Å²) in [6, 6.07) is 7.51. The van der Waals surface area contributed by atoms with E-state index in [1.807, 2.05) is 45.0 Å². The predicted molar refractivity (Wildman–Crippen MR) is 92.6 cm³/mol. The molecule has 0 unspecified atom stereocenters. The quantitative estimate of drug-likeness (QED) is 0.607. The van der Waals surface area contributed by atoms with Gasteiger partial charge in [0.25, 0.3) is 11.7 Å². The minimum atomic E-state index is -0.363. The van der Waals surface area contributed by atoms with Gasteiger partial charge < -0.3 is 5.32 Å². The zero-order chi connectivity index (χ0) is 16.8. The van der Waals surface area contributed by atoms with Crippen molar-refractivity contribution in [3.63, 3.8) is 0 Å². The van der Waals surface area contributed by atoms with Crippen LogP contribution in [0.25, 0.3) is 16.0 Å². The van der Waals surface area contributed by atoms with E-state index in [-0.39, 0.29) is 11.7 Å². The van der Waals surface area contributed by atoms with Crippen LogP contribution in [0.5, 0.6) is 0 Å². The standard InChI is InChI=1S/C16H14N6OS/c1-8-6-9(2)22-16(17-8)20-14(21-22)15(23)19-11-4-5-12-13(7-11)24-10(3)18-12/h4-7H,1-3H3,(H,19,23). The van der Waals surface area contributed by atoms with E-state index in [0.29, 0.717) is 11.5 Å². The van der Waals surface area contributed by atoms with Crippen molar-refractivity contribution in [1.29, 1.82) is 0 Å². The average Bonchev–Trinajstić information content (AvgIpc) is 3.09. The molecule has 120 valence electrons. The Morgan fingerprint density at radius 1 is 1.12 bits per heavy atom. The third-order valence-electron chi connectivity index (χ3n) is 3.57. The molecule has 0 fully saturated rings. The highest BCUT2D eigenvalue weighted by Crippen LogP contribution is 2.24. The van der Waals surface area contributed by atoms with E-state index in [1.165, 1.54) is 0 Å². The molecule has 0 aliphatic heterocycles. The van der Waals surface area contributed by atoms with Crippen molar-refractivity contribution in [3.05, 3.63) is 46.5 Å². The Morgan fingerprint density at radius 2 is 1.96 bits per heavy atom. The molecule has 0 radical (unpaired) electrons. The zero-order valence-corrected chi connectivity index (χ0v) is 14.2. The highest BCUT2D eigenvalue weighted by atomic mass is 32.1. The summed E-state index contributed by atoms with van der Waals surface area (Å²) in [7, 11) is 0. The van der Waals surface area contributed by atoms with Gasteiger partial charge >= 0.3 is 0 Å². The minimum Gasteiger partial charge on any atom is -0.319 e. The van der Waals surface area contributed by atoms with E-state index in [1.54, 1.807) is 15.9 Å². The molecule has 0 saturated heterocycles. The molecule has 0 aliphatic carbocycles. The highest BCUT2D eigenvalue weighted by molar-refractivity contribution is 7.18. The lowest BCUT2D eigenvalue weighted by Gasteiger charge is -2.01. The van der Waals surface area contributed by atoms with E-state index >= 15 is 0 Å². The Balaban J connectivity index is 1.66. The fourth-order valence-corrected chi connectivity index (χ4v) is 3.43. The number of aromatic nitrogens is 5. The number of fused-ring (bicyclic) bond motifs is 2. The van der Waals surface area contributed by atoms with Crippen LogP contribution in [-0.2, 0) is 0 Å². The van der Waals surface area contributed by atoms with Crippen LogP contribution in [0.3, 0.4) is 0 Å². The number of amides is 1. The van der Waals surface area contributed by atoms with Crippen LogP contribution in [0.2, 0.25) is 0 Å². The van der Waals surface area contributed by atoms with Crippen LogP contribution < -0.4 is 5.32 Å². The molecule has 0 bridgehead atoms. The second-order valence-electron chi connectivity index (χ2n) is 5.56. The van der Waals surface area contributed by atoms with Gasteiger partial charge in [-0.2, -0.15) is 4.98 Å². The first-order chi connectivity index (χ1) is 11.5. The number of anilines is 1. The van der Waals surface area contributed by atoms with Gasteiger partial charge in [0.05, 0.1) is 15.2 Å². The van der Waals surface area contributed by atoms with Crippen molar-refractivity contribution in [2.75, 3.05) is 5.32 Å². The summed E-state index contributed by atoms with van der Waals surface area (Å²) in [5, 5.41) is 8.06. The second kappa shape index (κ2) is 5.34. The first-order valence-corrected chi connectivity index (χ1v) is 8.21. The smallest absolute Gasteiger partial charge is 0.295 e. The molecule has 3 aromatic heterocycles. The molecular weight excluding hydrogens is 324 g/mol. The van der Waals surface area contributed by atoms with Gasteiger partial charge in [-0.1, -0.05) is 0 Å². The first-order valence-electron chi connectivity index (χ1n) is 7.39. The largest absolute Gasteiger partial charge is 0.319 e. The van der Waals surface area contributed by atoms with Crippen LogP contribution in [0.4, 0.5) is 5.69 Å². The number of benzene rings is 1. The van der Waals surface area contributed by atoms with Crippen LogP contribution in [-0.4, -0.2) is 30.5 Å². The molecule has 24 heavy (non-hydrogen) atoms. The van der Waals surface area contributed by atoms with Gasteiger partial charge in [-0.15, -0.1) is 16.4 Å². The summed E-state index contributed by atoms with van der Waals surface area (Å²) < 4.78 is 2.60. The lowest BCUT2D eigenvalue weighted by Crippen LogP contribution is -2.13. The van der Waals surface area contributed by atoms with Crippen LogP contribution in [0, 0.1) is 20.8 Å². The summed E-state index contributed by atoms with van der Waals surface area (Å²) in [5.74, 6) is 0.154. The average molecular weight is 338 g/mol. The van der Waals surface area contributed by atoms with E-state index in [4.69, 9.17) is 0 Å². The number of carbonyl (C=O) groups excluding carboxylic acids is 1. The number of thiazole rings is 1. The fraction of sp³-hybridized carbons (Fsp3) is 0.188. The Bertz CT molecular complexity index is 1100. The number of carbonyl (C=O) groups is 1. The fourth-order valence-electron chi connectivity index (χ4n) is 2.57. The van der Waals surface area contributed by atoms with E-state index in [0.717, 1.165) is 26.6 Å². The summed E-state index contributed by atoms with van der Waals surface area (Å²) in [6.45, 7) is 5.74. The molecule has 3 heterocycles. The summed E-state index contributed by atoms with van der Waals surface area (Å²) in [4.78, 5) is 25.3. The van der Waals surface area contributed by atoms with Crippen LogP contribution >= 0.6 is 11.3 Å². The number of aryl methyl sites for hydroxylation is 3. The van der Waals surface area contributed by atoms with Crippen molar-refractivity contribution < 1.29 is 4.79 Å². The third-order valence-corrected chi connectivity index (χ3v) is 4.51. The number of nitrogens with one attached hydrogen (secondary N) is 1. The van der Waals surface area contributed by atoms with Crippen molar-refractivity contribution >= 4 is 38.9 Å². The maximum absolute atomic E-state index is 12.4. The van der Waals surface area contributed by atoms with E-state index in [9.17, 15) is 4.79 Å². The van der Waals surface area contributed by atoms with E-state index in [2.05, 4.69) is 25.4 Å². The van der Waals surface area contributed by atoms with Gasteiger partial charge in [-0.3, -0.25) is 4.79 Å². The predicted octanol–water partition coefficient (Wildman–Crippen LogP) is 2.91.